The molecule has 1 atom stereocenters. The Bertz CT molecular complexity index is 641. The maximum absolute atomic E-state index is 11.3. The monoisotopic (exact) mass is 302 g/mol. The highest BCUT2D eigenvalue weighted by molar-refractivity contribution is 7.15. The minimum atomic E-state index is -0.695. The summed E-state index contributed by atoms with van der Waals surface area (Å²) in [6.07, 6.45) is 2.62. The molecule has 2 aromatic rings. The molecule has 0 amide bonds. The molecule has 0 unspecified atom stereocenters. The van der Waals surface area contributed by atoms with Crippen molar-refractivity contribution in [1.82, 2.24) is 9.88 Å². The smallest absolute Gasteiger partial charge is 0.310 e. The van der Waals surface area contributed by atoms with Gasteiger partial charge in [-0.3, -0.25) is 9.69 Å². The first-order chi connectivity index (χ1) is 10.1. The molecule has 1 aromatic heterocycles. The van der Waals surface area contributed by atoms with Gasteiger partial charge < -0.3 is 5.11 Å². The number of carbonyl (C=O) groups is 1. The van der Waals surface area contributed by atoms with Crippen molar-refractivity contribution >= 4 is 17.3 Å². The van der Waals surface area contributed by atoms with Gasteiger partial charge in [0.2, 0.25) is 0 Å². The van der Waals surface area contributed by atoms with Crippen molar-refractivity contribution in [2.24, 2.45) is 5.41 Å². The summed E-state index contributed by atoms with van der Waals surface area (Å²) in [6, 6.07) is 10.1. The SMILES string of the molecule is C[C@]1(C(=O)O)CCN(Cc2cnc(-c3ccccc3)s2)C1. The second-order valence-electron chi connectivity index (χ2n) is 5.82. The number of carboxylic acids is 1. The fourth-order valence-corrected chi connectivity index (χ4v) is 3.64. The first-order valence-electron chi connectivity index (χ1n) is 7.03. The van der Waals surface area contributed by atoms with E-state index in [0.29, 0.717) is 13.0 Å². The van der Waals surface area contributed by atoms with Crippen molar-refractivity contribution in [1.29, 1.82) is 0 Å². The molecular formula is C16H18N2O2S. The quantitative estimate of drug-likeness (QED) is 0.943. The largest absolute Gasteiger partial charge is 0.481 e. The van der Waals surface area contributed by atoms with Crippen LogP contribution in [0.25, 0.3) is 10.6 Å². The lowest BCUT2D eigenvalue weighted by Gasteiger charge is -2.19. The van der Waals surface area contributed by atoms with Crippen molar-refractivity contribution in [2.75, 3.05) is 13.1 Å². The fourth-order valence-electron chi connectivity index (χ4n) is 2.68. The number of nitrogens with zero attached hydrogens (tertiary/aromatic N) is 2. The van der Waals surface area contributed by atoms with E-state index in [1.807, 2.05) is 31.3 Å². The van der Waals surface area contributed by atoms with Gasteiger partial charge in [-0.1, -0.05) is 30.3 Å². The Labute approximate surface area is 128 Å². The van der Waals surface area contributed by atoms with Crippen LogP contribution in [0.3, 0.4) is 0 Å². The highest BCUT2D eigenvalue weighted by atomic mass is 32.1. The number of benzene rings is 1. The number of rotatable bonds is 4. The van der Waals surface area contributed by atoms with Crippen LogP contribution in [-0.2, 0) is 11.3 Å². The lowest BCUT2D eigenvalue weighted by Crippen LogP contribution is -2.31. The third-order valence-corrected chi connectivity index (χ3v) is 5.05. The molecule has 1 aromatic carbocycles. The van der Waals surface area contributed by atoms with E-state index in [2.05, 4.69) is 22.0 Å². The van der Waals surface area contributed by atoms with Crippen molar-refractivity contribution in [3.05, 3.63) is 41.4 Å². The molecule has 1 fully saturated rings. The molecule has 1 aliphatic heterocycles. The highest BCUT2D eigenvalue weighted by Crippen LogP contribution is 2.32. The molecule has 0 aliphatic carbocycles. The zero-order valence-corrected chi connectivity index (χ0v) is 12.8. The molecule has 1 saturated heterocycles. The summed E-state index contributed by atoms with van der Waals surface area (Å²) in [5.74, 6) is -0.695. The van der Waals surface area contributed by atoms with Gasteiger partial charge in [-0.15, -0.1) is 11.3 Å². The minimum Gasteiger partial charge on any atom is -0.481 e. The van der Waals surface area contributed by atoms with Gasteiger partial charge in [0, 0.05) is 29.7 Å². The van der Waals surface area contributed by atoms with Crippen LogP contribution in [0, 0.1) is 5.41 Å². The van der Waals surface area contributed by atoms with Gasteiger partial charge in [-0.05, 0) is 19.9 Å². The molecular weight excluding hydrogens is 284 g/mol. The Hall–Kier alpha value is -1.72. The third-order valence-electron chi connectivity index (χ3n) is 4.02. The van der Waals surface area contributed by atoms with Crippen LogP contribution in [0.1, 0.15) is 18.2 Å². The molecule has 0 saturated carbocycles. The summed E-state index contributed by atoms with van der Waals surface area (Å²) in [5, 5.41) is 10.3. The Balaban J connectivity index is 1.68. The summed E-state index contributed by atoms with van der Waals surface area (Å²) in [5.41, 5.74) is 0.526. The van der Waals surface area contributed by atoms with E-state index in [4.69, 9.17) is 0 Å². The van der Waals surface area contributed by atoms with E-state index in [-0.39, 0.29) is 0 Å². The summed E-state index contributed by atoms with van der Waals surface area (Å²) in [6.45, 7) is 4.06. The molecule has 2 heterocycles. The average Bonchev–Trinajstić information content (AvgIpc) is 3.08. The lowest BCUT2D eigenvalue weighted by atomic mass is 9.90. The third kappa shape index (κ3) is 2.99. The summed E-state index contributed by atoms with van der Waals surface area (Å²) >= 11 is 1.68. The molecule has 1 aliphatic rings. The molecule has 0 bridgehead atoms. The topological polar surface area (TPSA) is 53.4 Å². The van der Waals surface area contributed by atoms with E-state index < -0.39 is 11.4 Å². The summed E-state index contributed by atoms with van der Waals surface area (Å²) in [4.78, 5) is 19.1. The van der Waals surface area contributed by atoms with Crippen LogP contribution >= 0.6 is 11.3 Å². The van der Waals surface area contributed by atoms with Gasteiger partial charge in [-0.25, -0.2) is 4.98 Å². The maximum Gasteiger partial charge on any atom is 0.310 e. The molecule has 0 radical (unpaired) electrons. The Morgan fingerprint density at radius 1 is 1.43 bits per heavy atom. The fraction of sp³-hybridized carbons (Fsp3) is 0.375. The Kier molecular flexibility index (Phi) is 3.78. The second-order valence-corrected chi connectivity index (χ2v) is 6.94. The van der Waals surface area contributed by atoms with Crippen LogP contribution in [0.2, 0.25) is 0 Å². The number of carboxylic acid groups (broad SMARTS) is 1. The van der Waals surface area contributed by atoms with Crippen LogP contribution in [0.5, 0.6) is 0 Å². The second kappa shape index (κ2) is 5.58. The lowest BCUT2D eigenvalue weighted by molar-refractivity contribution is -0.147. The average molecular weight is 302 g/mol. The van der Waals surface area contributed by atoms with Crippen LogP contribution in [-0.4, -0.2) is 34.0 Å². The van der Waals surface area contributed by atoms with Gasteiger partial charge in [0.1, 0.15) is 5.01 Å². The number of hydrogen-bond donors (Lipinski definition) is 1. The predicted molar refractivity (Wildman–Crippen MR) is 83.2 cm³/mol. The molecule has 0 spiro atoms. The van der Waals surface area contributed by atoms with Crippen LogP contribution in [0.4, 0.5) is 0 Å². The molecule has 3 rings (SSSR count). The van der Waals surface area contributed by atoms with E-state index >= 15 is 0 Å². The van der Waals surface area contributed by atoms with Crippen molar-refractivity contribution in [2.45, 2.75) is 19.9 Å². The Morgan fingerprint density at radius 3 is 2.86 bits per heavy atom. The zero-order chi connectivity index (χ0) is 14.9. The predicted octanol–water partition coefficient (Wildman–Crippen LogP) is 3.11. The zero-order valence-electron chi connectivity index (χ0n) is 12.0. The van der Waals surface area contributed by atoms with Gasteiger partial charge >= 0.3 is 5.97 Å². The summed E-state index contributed by atoms with van der Waals surface area (Å²) in [7, 11) is 0. The molecule has 5 heteroatoms. The van der Waals surface area contributed by atoms with Gasteiger partial charge in [0.15, 0.2) is 0 Å². The first kappa shape index (κ1) is 14.2. The number of thiazole rings is 1. The molecule has 4 nitrogen and oxygen atoms in total. The Morgan fingerprint density at radius 2 is 2.19 bits per heavy atom. The van der Waals surface area contributed by atoms with Crippen molar-refractivity contribution in [3.8, 4) is 10.6 Å². The van der Waals surface area contributed by atoms with Gasteiger partial charge in [0.25, 0.3) is 0 Å². The molecule has 1 N–H and O–H groups in total. The standard InChI is InChI=1S/C16H18N2O2S/c1-16(15(19)20)7-8-18(11-16)10-13-9-17-14(21-13)12-5-3-2-4-6-12/h2-6,9H,7-8,10-11H2,1H3,(H,19,20)/t16-/m0/s1. The number of aliphatic carboxylic acids is 1. The van der Waals surface area contributed by atoms with Crippen LogP contribution < -0.4 is 0 Å². The number of hydrogen-bond acceptors (Lipinski definition) is 4. The van der Waals surface area contributed by atoms with Gasteiger partial charge in [-0.2, -0.15) is 0 Å². The van der Waals surface area contributed by atoms with E-state index in [9.17, 15) is 9.90 Å². The minimum absolute atomic E-state index is 0.604. The van der Waals surface area contributed by atoms with E-state index in [1.54, 1.807) is 11.3 Å². The van der Waals surface area contributed by atoms with Crippen LogP contribution in [0.15, 0.2) is 36.5 Å². The molecule has 110 valence electrons. The van der Waals surface area contributed by atoms with E-state index in [1.165, 1.54) is 4.88 Å². The van der Waals surface area contributed by atoms with Crippen molar-refractivity contribution < 1.29 is 9.90 Å². The number of likely N-dealkylation sites (tertiary alicyclic amines) is 1. The van der Waals surface area contributed by atoms with E-state index in [0.717, 1.165) is 23.7 Å². The first-order valence-corrected chi connectivity index (χ1v) is 7.84. The molecule has 21 heavy (non-hydrogen) atoms. The normalized spacial score (nSPS) is 22.5. The van der Waals surface area contributed by atoms with Gasteiger partial charge in [0.05, 0.1) is 5.41 Å². The summed E-state index contributed by atoms with van der Waals surface area (Å²) < 4.78 is 0. The van der Waals surface area contributed by atoms with Crippen molar-refractivity contribution in [3.63, 3.8) is 0 Å². The maximum atomic E-state index is 11.3. The number of aromatic nitrogens is 1. The highest BCUT2D eigenvalue weighted by Gasteiger charge is 2.40.